The van der Waals surface area contributed by atoms with Gasteiger partial charge in [0.2, 0.25) is 0 Å². The zero-order valence-electron chi connectivity index (χ0n) is 10.1. The van der Waals surface area contributed by atoms with Crippen molar-refractivity contribution in [1.82, 2.24) is 4.90 Å². The molecule has 1 aliphatic carbocycles. The van der Waals surface area contributed by atoms with Crippen LogP contribution in [0.2, 0.25) is 0 Å². The van der Waals surface area contributed by atoms with Crippen molar-refractivity contribution >= 4 is 5.97 Å². The van der Waals surface area contributed by atoms with E-state index in [1.165, 1.54) is 12.8 Å². The molecule has 0 radical (unpaired) electrons. The molecule has 0 aromatic rings. The molecule has 0 amide bonds. The van der Waals surface area contributed by atoms with E-state index < -0.39 is 5.97 Å². The molecule has 3 unspecified atom stereocenters. The molecule has 0 aromatic heterocycles. The third kappa shape index (κ3) is 2.23. The summed E-state index contributed by atoms with van der Waals surface area (Å²) >= 11 is 0. The van der Waals surface area contributed by atoms with Crippen molar-refractivity contribution in [2.24, 2.45) is 11.8 Å². The van der Waals surface area contributed by atoms with E-state index in [1.54, 1.807) is 7.11 Å². The molecule has 1 aliphatic heterocycles. The topological polar surface area (TPSA) is 49.8 Å². The second-order valence-corrected chi connectivity index (χ2v) is 5.07. The third-order valence-electron chi connectivity index (χ3n) is 4.05. The Balaban J connectivity index is 2.00. The van der Waals surface area contributed by atoms with Crippen molar-refractivity contribution in [3.05, 3.63) is 0 Å². The highest BCUT2D eigenvalue weighted by atomic mass is 16.5. The summed E-state index contributed by atoms with van der Waals surface area (Å²) in [6.07, 6.45) is 3.33. The molecule has 1 heterocycles. The van der Waals surface area contributed by atoms with Crippen molar-refractivity contribution in [2.75, 3.05) is 20.3 Å². The van der Waals surface area contributed by atoms with Crippen LogP contribution in [-0.4, -0.2) is 48.3 Å². The molecule has 0 bridgehead atoms. The van der Waals surface area contributed by atoms with Gasteiger partial charge in [0.05, 0.1) is 12.5 Å². The molecule has 1 saturated heterocycles. The second kappa shape index (κ2) is 4.72. The minimum Gasteiger partial charge on any atom is -0.481 e. The number of likely N-dealkylation sites (tertiary alicyclic amines) is 1. The average Bonchev–Trinajstić information content (AvgIpc) is 2.99. The van der Waals surface area contributed by atoms with Crippen molar-refractivity contribution in [2.45, 2.75) is 38.3 Å². The van der Waals surface area contributed by atoms with Gasteiger partial charge >= 0.3 is 5.97 Å². The molecule has 2 rings (SSSR count). The minimum absolute atomic E-state index is 0.151. The summed E-state index contributed by atoms with van der Waals surface area (Å²) in [5, 5.41) is 9.11. The fourth-order valence-corrected chi connectivity index (χ4v) is 2.92. The van der Waals surface area contributed by atoms with Crippen LogP contribution in [0.25, 0.3) is 0 Å². The second-order valence-electron chi connectivity index (χ2n) is 5.07. The Morgan fingerprint density at radius 2 is 2.19 bits per heavy atom. The van der Waals surface area contributed by atoms with Gasteiger partial charge in [-0.25, -0.2) is 0 Å². The summed E-state index contributed by atoms with van der Waals surface area (Å²) in [4.78, 5) is 13.4. The molecule has 2 aliphatic rings. The predicted octanol–water partition coefficient (Wildman–Crippen LogP) is 1.21. The first-order chi connectivity index (χ1) is 7.65. The van der Waals surface area contributed by atoms with Gasteiger partial charge in [-0.05, 0) is 38.6 Å². The van der Waals surface area contributed by atoms with Gasteiger partial charge in [0.15, 0.2) is 0 Å². The molecule has 0 aromatic carbocycles. The van der Waals surface area contributed by atoms with Gasteiger partial charge in [-0.3, -0.25) is 9.69 Å². The standard InChI is InChI=1S/C12H21NO3/c1-8-10(12(14)15)5-6-13(8)11(7-16-2)9-3-4-9/h8-11H,3-7H2,1-2H3,(H,14,15). The number of ether oxygens (including phenoxy) is 1. The van der Waals surface area contributed by atoms with E-state index in [4.69, 9.17) is 9.84 Å². The summed E-state index contributed by atoms with van der Waals surface area (Å²) < 4.78 is 5.27. The lowest BCUT2D eigenvalue weighted by Crippen LogP contribution is -2.44. The number of hydrogen-bond donors (Lipinski definition) is 1. The molecule has 16 heavy (non-hydrogen) atoms. The summed E-state index contributed by atoms with van der Waals surface area (Å²) in [5.41, 5.74) is 0. The highest BCUT2D eigenvalue weighted by Crippen LogP contribution is 2.39. The highest BCUT2D eigenvalue weighted by Gasteiger charge is 2.43. The summed E-state index contributed by atoms with van der Waals surface area (Å²) in [7, 11) is 1.73. The molecule has 1 N–H and O–H groups in total. The van der Waals surface area contributed by atoms with Crippen molar-refractivity contribution in [3.63, 3.8) is 0 Å². The fraction of sp³-hybridized carbons (Fsp3) is 0.917. The number of hydrogen-bond acceptors (Lipinski definition) is 3. The van der Waals surface area contributed by atoms with Crippen LogP contribution < -0.4 is 0 Å². The van der Waals surface area contributed by atoms with Crippen LogP contribution in [0.5, 0.6) is 0 Å². The first-order valence-corrected chi connectivity index (χ1v) is 6.12. The van der Waals surface area contributed by atoms with Crippen molar-refractivity contribution in [3.8, 4) is 0 Å². The zero-order valence-corrected chi connectivity index (χ0v) is 10.1. The Kier molecular flexibility index (Phi) is 3.50. The number of carbonyl (C=O) groups is 1. The lowest BCUT2D eigenvalue weighted by Gasteiger charge is -2.32. The summed E-state index contributed by atoms with van der Waals surface area (Å²) in [6, 6.07) is 0.586. The number of carboxylic acids is 1. The highest BCUT2D eigenvalue weighted by molar-refractivity contribution is 5.71. The third-order valence-corrected chi connectivity index (χ3v) is 4.05. The molecule has 0 spiro atoms. The van der Waals surface area contributed by atoms with E-state index in [2.05, 4.69) is 4.90 Å². The Morgan fingerprint density at radius 3 is 2.62 bits per heavy atom. The molecule has 4 nitrogen and oxygen atoms in total. The Labute approximate surface area is 96.6 Å². The summed E-state index contributed by atoms with van der Waals surface area (Å²) in [6.45, 7) is 3.68. The van der Waals surface area contributed by atoms with Crippen LogP contribution >= 0.6 is 0 Å². The maximum Gasteiger partial charge on any atom is 0.308 e. The SMILES string of the molecule is COCC(C1CC1)N1CCC(C(=O)O)C1C. The van der Waals surface area contributed by atoms with E-state index in [0.717, 1.165) is 25.5 Å². The number of methoxy groups -OCH3 is 1. The lowest BCUT2D eigenvalue weighted by atomic mass is 10.0. The van der Waals surface area contributed by atoms with Crippen LogP contribution in [0.15, 0.2) is 0 Å². The van der Waals surface area contributed by atoms with Gasteiger partial charge < -0.3 is 9.84 Å². The molecular weight excluding hydrogens is 206 g/mol. The van der Waals surface area contributed by atoms with Gasteiger partial charge in [0.1, 0.15) is 0 Å². The van der Waals surface area contributed by atoms with E-state index in [9.17, 15) is 4.79 Å². The Bertz CT molecular complexity index is 265. The van der Waals surface area contributed by atoms with Gasteiger partial charge in [-0.1, -0.05) is 0 Å². The first-order valence-electron chi connectivity index (χ1n) is 6.12. The quantitative estimate of drug-likeness (QED) is 0.767. The predicted molar refractivity (Wildman–Crippen MR) is 60.3 cm³/mol. The van der Waals surface area contributed by atoms with Crippen molar-refractivity contribution in [1.29, 1.82) is 0 Å². The van der Waals surface area contributed by atoms with Gasteiger partial charge in [-0.15, -0.1) is 0 Å². The van der Waals surface area contributed by atoms with E-state index >= 15 is 0 Å². The van der Waals surface area contributed by atoms with E-state index in [1.807, 2.05) is 6.92 Å². The fourth-order valence-electron chi connectivity index (χ4n) is 2.92. The number of carboxylic acid groups (broad SMARTS) is 1. The molecule has 1 saturated carbocycles. The Morgan fingerprint density at radius 1 is 1.50 bits per heavy atom. The number of nitrogens with zero attached hydrogens (tertiary/aromatic N) is 1. The van der Waals surface area contributed by atoms with Gasteiger partial charge in [0.25, 0.3) is 0 Å². The normalized spacial score (nSPS) is 32.9. The maximum absolute atomic E-state index is 11.1. The molecular formula is C12H21NO3. The number of rotatable bonds is 5. The summed E-state index contributed by atoms with van der Waals surface area (Å²) in [5.74, 6) is -0.116. The smallest absolute Gasteiger partial charge is 0.308 e. The largest absolute Gasteiger partial charge is 0.481 e. The maximum atomic E-state index is 11.1. The van der Waals surface area contributed by atoms with Crippen LogP contribution in [-0.2, 0) is 9.53 Å². The van der Waals surface area contributed by atoms with Crippen molar-refractivity contribution < 1.29 is 14.6 Å². The van der Waals surface area contributed by atoms with Crippen LogP contribution in [0.1, 0.15) is 26.2 Å². The first kappa shape index (κ1) is 11.9. The minimum atomic E-state index is -0.651. The van der Waals surface area contributed by atoms with Gasteiger partial charge in [0, 0.05) is 19.2 Å². The lowest BCUT2D eigenvalue weighted by molar-refractivity contribution is -0.142. The van der Waals surface area contributed by atoms with E-state index in [0.29, 0.717) is 6.04 Å². The van der Waals surface area contributed by atoms with E-state index in [-0.39, 0.29) is 12.0 Å². The van der Waals surface area contributed by atoms with Crippen LogP contribution in [0.3, 0.4) is 0 Å². The van der Waals surface area contributed by atoms with Crippen LogP contribution in [0.4, 0.5) is 0 Å². The Hall–Kier alpha value is -0.610. The number of aliphatic carboxylic acids is 1. The molecule has 2 fully saturated rings. The zero-order chi connectivity index (χ0) is 11.7. The van der Waals surface area contributed by atoms with Crippen LogP contribution in [0, 0.1) is 11.8 Å². The molecule has 4 heteroatoms. The monoisotopic (exact) mass is 227 g/mol. The molecule has 3 atom stereocenters. The molecule has 92 valence electrons. The van der Waals surface area contributed by atoms with Gasteiger partial charge in [-0.2, -0.15) is 0 Å². The average molecular weight is 227 g/mol.